The van der Waals surface area contributed by atoms with Crippen molar-refractivity contribution in [1.29, 1.82) is 0 Å². The minimum atomic E-state index is -2.89. The van der Waals surface area contributed by atoms with Gasteiger partial charge in [0.2, 0.25) is 0 Å². The normalized spacial score (nSPS) is 10.7. The maximum atomic E-state index is 12.4. The van der Waals surface area contributed by atoms with Crippen LogP contribution in [0.4, 0.5) is 14.5 Å². The minimum Gasteiger partial charge on any atom is -0.433 e. The molecule has 0 saturated carbocycles. The lowest BCUT2D eigenvalue weighted by molar-refractivity contribution is -0.0493. The molecule has 0 atom stereocenters. The van der Waals surface area contributed by atoms with E-state index in [0.29, 0.717) is 17.3 Å². The van der Waals surface area contributed by atoms with E-state index < -0.39 is 6.61 Å². The number of aryl methyl sites for hydroxylation is 2. The van der Waals surface area contributed by atoms with E-state index in [1.165, 1.54) is 6.07 Å². The third-order valence-corrected chi connectivity index (χ3v) is 3.30. The van der Waals surface area contributed by atoms with Crippen molar-refractivity contribution in [3.8, 4) is 5.75 Å². The first-order valence-corrected chi connectivity index (χ1v) is 7.51. The summed E-state index contributed by atoms with van der Waals surface area (Å²) in [5.41, 5.74) is 2.13. The number of hydrogen-bond donors (Lipinski definition) is 2. The fraction of sp³-hybridized carbons (Fsp3) is 0.333. The molecular formula is C15H18F2N4OS. The predicted octanol–water partition coefficient (Wildman–Crippen LogP) is 3.30. The average Bonchev–Trinajstić information content (AvgIpc) is 2.96. The Labute approximate surface area is 138 Å². The third kappa shape index (κ3) is 5.17. The molecule has 5 nitrogen and oxygen atoms in total. The van der Waals surface area contributed by atoms with Crippen LogP contribution < -0.4 is 15.4 Å². The summed E-state index contributed by atoms with van der Waals surface area (Å²) in [6.45, 7) is 2.19. The van der Waals surface area contributed by atoms with E-state index in [2.05, 4.69) is 20.5 Å². The lowest BCUT2D eigenvalue weighted by Crippen LogP contribution is -2.28. The fourth-order valence-electron chi connectivity index (χ4n) is 1.95. The summed E-state index contributed by atoms with van der Waals surface area (Å²) in [7, 11) is 0. The standard InChI is InChI=1S/C15H18F2N4OS/c1-3-21-7-6-11(20-21)9-18-15(23)19-12-8-10(2)4-5-13(12)22-14(16)17/h4-8,14H,3,9H2,1-2H3,(H2,18,19,23). The molecule has 0 saturated heterocycles. The number of hydrogen-bond acceptors (Lipinski definition) is 3. The van der Waals surface area contributed by atoms with Gasteiger partial charge in [0, 0.05) is 12.7 Å². The molecule has 23 heavy (non-hydrogen) atoms. The Morgan fingerprint density at radius 2 is 2.17 bits per heavy atom. The van der Waals surface area contributed by atoms with E-state index in [9.17, 15) is 8.78 Å². The van der Waals surface area contributed by atoms with Crippen LogP contribution in [0.2, 0.25) is 0 Å². The summed E-state index contributed by atoms with van der Waals surface area (Å²) in [4.78, 5) is 0. The highest BCUT2D eigenvalue weighted by molar-refractivity contribution is 7.80. The van der Waals surface area contributed by atoms with E-state index in [4.69, 9.17) is 12.2 Å². The molecule has 2 aromatic rings. The van der Waals surface area contributed by atoms with Crippen molar-refractivity contribution in [1.82, 2.24) is 15.1 Å². The van der Waals surface area contributed by atoms with Crippen LogP contribution in [0.25, 0.3) is 0 Å². The summed E-state index contributed by atoms with van der Waals surface area (Å²) >= 11 is 5.19. The molecule has 0 spiro atoms. The Morgan fingerprint density at radius 1 is 1.39 bits per heavy atom. The van der Waals surface area contributed by atoms with Crippen molar-refractivity contribution >= 4 is 23.0 Å². The van der Waals surface area contributed by atoms with Crippen LogP contribution in [0, 0.1) is 6.92 Å². The molecule has 2 N–H and O–H groups in total. The van der Waals surface area contributed by atoms with Crippen LogP contribution in [0.15, 0.2) is 30.5 Å². The number of nitrogens with zero attached hydrogens (tertiary/aromatic N) is 2. The van der Waals surface area contributed by atoms with Gasteiger partial charge in [0.25, 0.3) is 0 Å². The van der Waals surface area contributed by atoms with Gasteiger partial charge in [-0.15, -0.1) is 0 Å². The number of rotatable bonds is 6. The van der Waals surface area contributed by atoms with Crippen molar-refractivity contribution in [2.45, 2.75) is 33.5 Å². The minimum absolute atomic E-state index is 0.0463. The highest BCUT2D eigenvalue weighted by atomic mass is 32.1. The first kappa shape index (κ1) is 17.1. The number of thiocarbonyl (C=S) groups is 1. The number of alkyl halides is 2. The molecule has 1 aromatic heterocycles. The summed E-state index contributed by atoms with van der Waals surface area (Å²) in [6.07, 6.45) is 1.88. The summed E-state index contributed by atoms with van der Waals surface area (Å²) in [5, 5.41) is 10.5. The fourth-order valence-corrected chi connectivity index (χ4v) is 2.13. The summed E-state index contributed by atoms with van der Waals surface area (Å²) < 4.78 is 31.2. The molecule has 8 heteroatoms. The SMILES string of the molecule is CCn1ccc(CNC(=S)Nc2cc(C)ccc2OC(F)F)n1. The lowest BCUT2D eigenvalue weighted by Gasteiger charge is -2.14. The number of aromatic nitrogens is 2. The van der Waals surface area contributed by atoms with Crippen molar-refractivity contribution in [2.24, 2.45) is 0 Å². The molecule has 0 bridgehead atoms. The zero-order valence-corrected chi connectivity index (χ0v) is 13.7. The zero-order valence-electron chi connectivity index (χ0n) is 12.8. The van der Waals surface area contributed by atoms with Crippen molar-refractivity contribution in [3.63, 3.8) is 0 Å². The van der Waals surface area contributed by atoms with Gasteiger partial charge >= 0.3 is 6.61 Å². The predicted molar refractivity (Wildman–Crippen MR) is 88.8 cm³/mol. The molecule has 124 valence electrons. The van der Waals surface area contributed by atoms with Gasteiger partial charge in [-0.1, -0.05) is 6.07 Å². The summed E-state index contributed by atoms with van der Waals surface area (Å²) in [6, 6.07) is 6.75. The summed E-state index contributed by atoms with van der Waals surface area (Å²) in [5.74, 6) is 0.0463. The second-order valence-electron chi connectivity index (χ2n) is 4.85. The van der Waals surface area contributed by atoms with Gasteiger partial charge in [-0.05, 0) is 49.8 Å². The number of nitrogens with one attached hydrogen (secondary N) is 2. The van der Waals surface area contributed by atoms with E-state index >= 15 is 0 Å². The quantitative estimate of drug-likeness (QED) is 0.790. The van der Waals surface area contributed by atoms with Gasteiger partial charge in [0.15, 0.2) is 5.11 Å². The van der Waals surface area contributed by atoms with Gasteiger partial charge in [0.05, 0.1) is 17.9 Å². The molecule has 0 unspecified atom stereocenters. The number of halogens is 2. The van der Waals surface area contributed by atoms with E-state index in [0.717, 1.165) is 17.8 Å². The van der Waals surface area contributed by atoms with Crippen LogP contribution in [0.1, 0.15) is 18.2 Å². The number of anilines is 1. The number of ether oxygens (including phenoxy) is 1. The molecule has 0 aliphatic rings. The van der Waals surface area contributed by atoms with E-state index in [1.54, 1.807) is 12.1 Å². The molecule has 2 rings (SSSR count). The number of benzene rings is 1. The molecule has 0 fully saturated rings. The largest absolute Gasteiger partial charge is 0.433 e. The van der Waals surface area contributed by atoms with Gasteiger partial charge in [0.1, 0.15) is 5.75 Å². The van der Waals surface area contributed by atoms with Gasteiger partial charge in [-0.2, -0.15) is 13.9 Å². The van der Waals surface area contributed by atoms with Crippen LogP contribution in [-0.4, -0.2) is 21.5 Å². The Morgan fingerprint density at radius 3 is 2.83 bits per heavy atom. The van der Waals surface area contributed by atoms with Gasteiger partial charge < -0.3 is 15.4 Å². The molecule has 0 amide bonds. The van der Waals surface area contributed by atoms with E-state index in [-0.39, 0.29) is 5.75 Å². The Hall–Kier alpha value is -2.22. The maximum Gasteiger partial charge on any atom is 0.387 e. The average molecular weight is 340 g/mol. The highest BCUT2D eigenvalue weighted by Crippen LogP contribution is 2.27. The Kier molecular flexibility index (Phi) is 5.86. The topological polar surface area (TPSA) is 51.1 Å². The Bertz CT molecular complexity index is 675. The molecule has 1 heterocycles. The van der Waals surface area contributed by atoms with Crippen LogP contribution in [-0.2, 0) is 13.1 Å². The third-order valence-electron chi connectivity index (χ3n) is 3.05. The van der Waals surface area contributed by atoms with Crippen LogP contribution >= 0.6 is 12.2 Å². The second-order valence-corrected chi connectivity index (χ2v) is 5.26. The molecule has 0 aliphatic carbocycles. The zero-order chi connectivity index (χ0) is 16.8. The van der Waals surface area contributed by atoms with Gasteiger partial charge in [-0.25, -0.2) is 0 Å². The monoisotopic (exact) mass is 340 g/mol. The van der Waals surface area contributed by atoms with Crippen molar-refractivity contribution in [3.05, 3.63) is 41.7 Å². The van der Waals surface area contributed by atoms with Crippen LogP contribution in [0.5, 0.6) is 5.75 Å². The van der Waals surface area contributed by atoms with Gasteiger partial charge in [-0.3, -0.25) is 4.68 Å². The first-order valence-electron chi connectivity index (χ1n) is 7.10. The highest BCUT2D eigenvalue weighted by Gasteiger charge is 2.11. The second kappa shape index (κ2) is 7.87. The molecule has 0 radical (unpaired) electrons. The maximum absolute atomic E-state index is 12.4. The lowest BCUT2D eigenvalue weighted by atomic mass is 10.2. The van der Waals surface area contributed by atoms with Crippen LogP contribution in [0.3, 0.4) is 0 Å². The molecule has 0 aliphatic heterocycles. The van der Waals surface area contributed by atoms with Crippen molar-refractivity contribution in [2.75, 3.05) is 5.32 Å². The molecule has 1 aromatic carbocycles. The molecular weight excluding hydrogens is 322 g/mol. The first-order chi connectivity index (χ1) is 11.0. The van der Waals surface area contributed by atoms with E-state index in [1.807, 2.05) is 30.8 Å². The Balaban J connectivity index is 1.97. The van der Waals surface area contributed by atoms with Crippen molar-refractivity contribution < 1.29 is 13.5 Å². The smallest absolute Gasteiger partial charge is 0.387 e.